The third kappa shape index (κ3) is 8.18. The van der Waals surface area contributed by atoms with Gasteiger partial charge in [0.1, 0.15) is 11.3 Å². The molecule has 1 aromatic rings. The summed E-state index contributed by atoms with van der Waals surface area (Å²) in [5, 5.41) is 12.1. The van der Waals surface area contributed by atoms with Gasteiger partial charge in [-0.2, -0.15) is 13.2 Å². The molecule has 0 aromatic heterocycles. The van der Waals surface area contributed by atoms with Gasteiger partial charge in [0.05, 0.1) is 17.7 Å². The number of alkyl halides is 3. The van der Waals surface area contributed by atoms with Crippen molar-refractivity contribution in [2.24, 2.45) is 22.7 Å². The van der Waals surface area contributed by atoms with Crippen LogP contribution < -0.4 is 10.1 Å². The molecule has 2 aliphatic carbocycles. The van der Waals surface area contributed by atoms with E-state index in [1.54, 1.807) is 26.8 Å². The molecule has 0 bridgehead atoms. The summed E-state index contributed by atoms with van der Waals surface area (Å²) < 4.78 is 66.6. The number of nitrogens with one attached hydrogen (secondary N) is 1. The second kappa shape index (κ2) is 11.7. The van der Waals surface area contributed by atoms with Crippen LogP contribution in [-0.2, 0) is 28.1 Å². The van der Waals surface area contributed by atoms with Gasteiger partial charge in [0, 0.05) is 0 Å². The number of fused-ring (bicyclic) bond motifs is 1. The molecule has 1 fully saturated rings. The van der Waals surface area contributed by atoms with Crippen LogP contribution in [0.15, 0.2) is 12.1 Å². The summed E-state index contributed by atoms with van der Waals surface area (Å²) in [6.07, 6.45) is -4.32. The Labute approximate surface area is 240 Å². The molecule has 0 heterocycles. The number of rotatable bonds is 7. The Bertz CT molecular complexity index is 1150. The monoisotopic (exact) mass is 607 g/mol. The first-order valence-corrected chi connectivity index (χ1v) is 15.7. The summed E-state index contributed by atoms with van der Waals surface area (Å²) >= 11 is 0. The maximum atomic E-state index is 14.5. The Hall–Kier alpha value is -1.81. The van der Waals surface area contributed by atoms with Crippen molar-refractivity contribution in [3.63, 3.8) is 0 Å². The van der Waals surface area contributed by atoms with Crippen LogP contribution in [0.1, 0.15) is 97.3 Å². The van der Waals surface area contributed by atoms with E-state index in [0.717, 1.165) is 12.8 Å². The van der Waals surface area contributed by atoms with Crippen LogP contribution >= 0.6 is 7.82 Å². The third-order valence-corrected chi connectivity index (χ3v) is 9.34. The molecule has 0 spiro atoms. The SMILES string of the molecule is CC(C)(C)C1CCC(Oc2ccc3c(c2C(F)(F)F)CC[C@H](C(C)(NC(=O)O)C(OP(=O)(O)O)C(C)(C)C)C3)CC1. The molecule has 0 aliphatic heterocycles. The lowest BCUT2D eigenvalue weighted by molar-refractivity contribution is -0.140. The Morgan fingerprint density at radius 2 is 1.56 bits per heavy atom. The zero-order valence-electron chi connectivity index (χ0n) is 25.0. The number of hydrogen-bond acceptors (Lipinski definition) is 4. The van der Waals surface area contributed by atoms with E-state index in [0.29, 0.717) is 24.3 Å². The minimum Gasteiger partial charge on any atom is -0.490 e. The fourth-order valence-electron chi connectivity index (χ4n) is 6.90. The maximum absolute atomic E-state index is 14.5. The Morgan fingerprint density at radius 3 is 2.02 bits per heavy atom. The Balaban J connectivity index is 1.96. The highest BCUT2D eigenvalue weighted by Crippen LogP contribution is 2.51. The lowest BCUT2D eigenvalue weighted by Gasteiger charge is -2.49. The smallest absolute Gasteiger partial charge is 0.469 e. The number of phosphoric acid groups is 1. The molecule has 0 saturated heterocycles. The number of phosphoric ester groups is 1. The van der Waals surface area contributed by atoms with Crippen molar-refractivity contribution in [3.8, 4) is 5.75 Å². The Morgan fingerprint density at radius 1 is 0.976 bits per heavy atom. The van der Waals surface area contributed by atoms with Crippen LogP contribution in [0.2, 0.25) is 0 Å². The fourth-order valence-corrected chi connectivity index (χ4v) is 7.71. The molecule has 12 heteroatoms. The van der Waals surface area contributed by atoms with Gasteiger partial charge in [0.15, 0.2) is 0 Å². The van der Waals surface area contributed by atoms with Gasteiger partial charge in [-0.3, -0.25) is 4.52 Å². The molecule has 2 aliphatic rings. The summed E-state index contributed by atoms with van der Waals surface area (Å²) in [6.45, 7) is 13.0. The van der Waals surface area contributed by atoms with Gasteiger partial charge in [-0.25, -0.2) is 9.36 Å². The van der Waals surface area contributed by atoms with Crippen molar-refractivity contribution in [1.82, 2.24) is 5.32 Å². The molecular formula is C29H45F3NO7P. The molecule has 0 radical (unpaired) electrons. The molecule has 4 N–H and O–H groups in total. The molecule has 1 saturated carbocycles. The lowest BCUT2D eigenvalue weighted by Crippen LogP contribution is -2.64. The van der Waals surface area contributed by atoms with E-state index in [9.17, 15) is 37.4 Å². The lowest BCUT2D eigenvalue weighted by atomic mass is 9.65. The van der Waals surface area contributed by atoms with E-state index in [2.05, 4.69) is 26.1 Å². The summed E-state index contributed by atoms with van der Waals surface area (Å²) in [6, 6.07) is 2.96. The molecular weight excluding hydrogens is 562 g/mol. The number of halogens is 3. The first kappa shape index (κ1) is 33.7. The molecule has 41 heavy (non-hydrogen) atoms. The molecule has 8 nitrogen and oxygen atoms in total. The van der Waals surface area contributed by atoms with Crippen LogP contribution in [0.3, 0.4) is 0 Å². The summed E-state index contributed by atoms with van der Waals surface area (Å²) in [7, 11) is -5.04. The number of amides is 1. The minimum atomic E-state index is -5.04. The number of benzene rings is 1. The highest BCUT2D eigenvalue weighted by molar-refractivity contribution is 7.46. The number of carbonyl (C=O) groups is 1. The van der Waals surface area contributed by atoms with E-state index in [1.807, 2.05) is 0 Å². The summed E-state index contributed by atoms with van der Waals surface area (Å²) in [5.41, 5.74) is -2.59. The van der Waals surface area contributed by atoms with E-state index in [4.69, 9.17) is 9.26 Å². The number of carboxylic acid groups (broad SMARTS) is 1. The normalized spacial score (nSPS) is 24.6. The van der Waals surface area contributed by atoms with Gasteiger partial charge in [0.25, 0.3) is 0 Å². The van der Waals surface area contributed by atoms with E-state index < -0.39 is 48.6 Å². The second-order valence-electron chi connectivity index (χ2n) is 14.0. The largest absolute Gasteiger partial charge is 0.490 e. The summed E-state index contributed by atoms with van der Waals surface area (Å²) in [5.74, 6) is -0.301. The van der Waals surface area contributed by atoms with Gasteiger partial charge < -0.3 is 24.9 Å². The average Bonchev–Trinajstić information content (AvgIpc) is 2.79. The predicted octanol–water partition coefficient (Wildman–Crippen LogP) is 7.34. The van der Waals surface area contributed by atoms with Crippen molar-refractivity contribution >= 4 is 13.9 Å². The quantitative estimate of drug-likeness (QED) is 0.239. The zero-order chi connectivity index (χ0) is 31.2. The Kier molecular flexibility index (Phi) is 9.61. The first-order valence-electron chi connectivity index (χ1n) is 14.2. The van der Waals surface area contributed by atoms with Crippen LogP contribution in [-0.4, -0.2) is 38.7 Å². The van der Waals surface area contributed by atoms with Gasteiger partial charge in [-0.05, 0) is 91.7 Å². The van der Waals surface area contributed by atoms with Gasteiger partial charge in [-0.15, -0.1) is 0 Å². The van der Waals surface area contributed by atoms with Crippen molar-refractivity contribution < 1.29 is 46.7 Å². The van der Waals surface area contributed by atoms with Crippen LogP contribution in [0.4, 0.5) is 18.0 Å². The molecule has 2 unspecified atom stereocenters. The molecule has 3 rings (SSSR count). The predicted molar refractivity (Wildman–Crippen MR) is 149 cm³/mol. The van der Waals surface area contributed by atoms with E-state index >= 15 is 0 Å². The summed E-state index contributed by atoms with van der Waals surface area (Å²) in [4.78, 5) is 31.1. The second-order valence-corrected chi connectivity index (χ2v) is 15.2. The minimum absolute atomic E-state index is 0.00747. The molecule has 1 amide bonds. The van der Waals surface area contributed by atoms with Crippen molar-refractivity contribution in [2.75, 3.05) is 0 Å². The highest BCUT2D eigenvalue weighted by Gasteiger charge is 2.52. The number of hydrogen-bond donors (Lipinski definition) is 4. The molecule has 3 atom stereocenters. The topological polar surface area (TPSA) is 125 Å². The molecule has 1 aromatic carbocycles. The maximum Gasteiger partial charge on any atom is 0.469 e. The first-order chi connectivity index (χ1) is 18.5. The zero-order valence-corrected chi connectivity index (χ0v) is 25.9. The number of ether oxygens (including phenoxy) is 1. The van der Waals surface area contributed by atoms with Crippen LogP contribution in [0.5, 0.6) is 5.75 Å². The fraction of sp³-hybridized carbons (Fsp3) is 0.759. The van der Waals surface area contributed by atoms with Crippen molar-refractivity contribution in [1.29, 1.82) is 0 Å². The van der Waals surface area contributed by atoms with Crippen molar-refractivity contribution in [2.45, 2.75) is 117 Å². The van der Waals surface area contributed by atoms with Crippen molar-refractivity contribution in [3.05, 3.63) is 28.8 Å². The van der Waals surface area contributed by atoms with E-state index in [-0.39, 0.29) is 42.1 Å². The van der Waals surface area contributed by atoms with Crippen LogP contribution in [0, 0.1) is 22.7 Å². The third-order valence-electron chi connectivity index (χ3n) is 8.86. The van der Waals surface area contributed by atoms with Gasteiger partial charge >= 0.3 is 20.1 Å². The molecule has 234 valence electrons. The van der Waals surface area contributed by atoms with Crippen LogP contribution in [0.25, 0.3) is 0 Å². The standard InChI is InChI=1S/C29H45F3NO7P/c1-26(2,3)18-9-12-20(13-10-18)39-22-15-8-17-16-19(11-14-21(17)23(22)29(30,31)32)28(7,33-25(34)35)24(27(4,5)6)40-41(36,37)38/h8,15,18-20,24,33H,9-14,16H2,1-7H3,(H,34,35)(H2,36,37,38)/t18?,19-,20?,24?,28?/m0/s1. The highest BCUT2D eigenvalue weighted by atomic mass is 31.2. The average molecular weight is 608 g/mol. The van der Waals surface area contributed by atoms with Gasteiger partial charge in [-0.1, -0.05) is 47.6 Å². The van der Waals surface area contributed by atoms with E-state index in [1.165, 1.54) is 13.0 Å². The van der Waals surface area contributed by atoms with Gasteiger partial charge in [0.2, 0.25) is 0 Å².